The normalized spacial score (nSPS) is 18.0. The molecule has 0 amide bonds. The summed E-state index contributed by atoms with van der Waals surface area (Å²) in [7, 11) is 0. The average Bonchev–Trinajstić information content (AvgIpc) is 2.81. The van der Waals surface area contributed by atoms with Crippen LogP contribution in [-0.2, 0) is 0 Å². The van der Waals surface area contributed by atoms with Crippen LogP contribution in [0.1, 0.15) is 32.6 Å². The average molecular weight is 236 g/mol. The molecule has 6 nitrogen and oxygen atoms in total. The van der Waals surface area contributed by atoms with E-state index in [-0.39, 0.29) is 5.95 Å². The molecule has 94 valence electrons. The first-order chi connectivity index (χ1) is 8.19. The van der Waals surface area contributed by atoms with Crippen LogP contribution in [-0.4, -0.2) is 16.0 Å². The van der Waals surface area contributed by atoms with Gasteiger partial charge in [0.15, 0.2) is 0 Å². The number of aromatic nitrogens is 2. The largest absolute Gasteiger partial charge is 0.368 e. The summed E-state index contributed by atoms with van der Waals surface area (Å²) in [4.78, 5) is 8.10. The van der Waals surface area contributed by atoms with Gasteiger partial charge in [0.1, 0.15) is 11.6 Å². The molecule has 1 aliphatic rings. The number of nitrogens with one attached hydrogen (secondary N) is 2. The van der Waals surface area contributed by atoms with Crippen LogP contribution in [0.15, 0.2) is 6.07 Å². The highest BCUT2D eigenvalue weighted by molar-refractivity contribution is 5.50. The highest BCUT2D eigenvalue weighted by atomic mass is 15.3. The van der Waals surface area contributed by atoms with E-state index in [2.05, 4.69) is 27.6 Å². The maximum atomic E-state index is 5.61. The molecule has 0 radical (unpaired) electrons. The quantitative estimate of drug-likeness (QED) is 0.465. The number of nitrogens with two attached hydrogens (primary N) is 2. The van der Waals surface area contributed by atoms with Gasteiger partial charge in [-0.1, -0.05) is 12.8 Å². The molecule has 0 aliphatic heterocycles. The summed E-state index contributed by atoms with van der Waals surface area (Å²) >= 11 is 0. The lowest BCUT2D eigenvalue weighted by molar-refractivity contribution is 0.481. The molecule has 1 saturated carbocycles. The Morgan fingerprint density at radius 1 is 1.29 bits per heavy atom. The zero-order chi connectivity index (χ0) is 12.3. The number of hydrazine groups is 1. The lowest BCUT2D eigenvalue weighted by Crippen LogP contribution is -2.24. The lowest BCUT2D eigenvalue weighted by atomic mass is 10.00. The summed E-state index contributed by atoms with van der Waals surface area (Å²) in [6, 6.07) is 2.17. The van der Waals surface area contributed by atoms with Crippen LogP contribution >= 0.6 is 0 Å². The molecule has 17 heavy (non-hydrogen) atoms. The minimum absolute atomic E-state index is 0.224. The summed E-state index contributed by atoms with van der Waals surface area (Å²) in [5.74, 6) is 7.52. The van der Waals surface area contributed by atoms with Crippen LogP contribution < -0.4 is 22.3 Å². The zero-order valence-corrected chi connectivity index (χ0v) is 10.1. The lowest BCUT2D eigenvalue weighted by Gasteiger charge is -2.21. The van der Waals surface area contributed by atoms with E-state index in [1.54, 1.807) is 6.07 Å². The van der Waals surface area contributed by atoms with E-state index in [9.17, 15) is 0 Å². The van der Waals surface area contributed by atoms with Gasteiger partial charge < -0.3 is 16.5 Å². The molecule has 0 aromatic carbocycles. The molecule has 1 fully saturated rings. The third kappa shape index (κ3) is 2.97. The van der Waals surface area contributed by atoms with Crippen molar-refractivity contribution in [2.45, 2.75) is 38.6 Å². The van der Waals surface area contributed by atoms with Crippen LogP contribution in [0.25, 0.3) is 0 Å². The van der Waals surface area contributed by atoms with Crippen LogP contribution in [0.3, 0.4) is 0 Å². The Morgan fingerprint density at radius 2 is 1.94 bits per heavy atom. The number of hydrogen-bond donors (Lipinski definition) is 4. The van der Waals surface area contributed by atoms with Crippen molar-refractivity contribution in [2.75, 3.05) is 16.5 Å². The van der Waals surface area contributed by atoms with Crippen molar-refractivity contribution in [3.8, 4) is 0 Å². The Hall–Kier alpha value is -1.56. The molecule has 6 N–H and O–H groups in total. The first-order valence-electron chi connectivity index (χ1n) is 6.06. The minimum Gasteiger partial charge on any atom is -0.368 e. The van der Waals surface area contributed by atoms with E-state index >= 15 is 0 Å². The highest BCUT2D eigenvalue weighted by Crippen LogP contribution is 2.29. The van der Waals surface area contributed by atoms with Gasteiger partial charge in [-0.15, -0.1) is 0 Å². The molecule has 0 bridgehead atoms. The van der Waals surface area contributed by atoms with Crippen molar-refractivity contribution < 1.29 is 0 Å². The molecule has 1 unspecified atom stereocenters. The molecular formula is C11H20N6. The fraction of sp³-hybridized carbons (Fsp3) is 0.636. The van der Waals surface area contributed by atoms with Crippen LogP contribution in [0, 0.1) is 5.92 Å². The highest BCUT2D eigenvalue weighted by Gasteiger charge is 2.21. The van der Waals surface area contributed by atoms with Crippen LogP contribution in [0.2, 0.25) is 0 Å². The third-order valence-electron chi connectivity index (χ3n) is 3.37. The fourth-order valence-electron chi connectivity index (χ4n) is 2.42. The molecule has 0 saturated heterocycles. The van der Waals surface area contributed by atoms with Gasteiger partial charge in [0.05, 0.1) is 0 Å². The zero-order valence-electron chi connectivity index (χ0n) is 10.1. The van der Waals surface area contributed by atoms with E-state index in [1.165, 1.54) is 25.7 Å². The summed E-state index contributed by atoms with van der Waals surface area (Å²) in [6.45, 7) is 2.18. The summed E-state index contributed by atoms with van der Waals surface area (Å²) in [6.07, 6.45) is 5.24. The van der Waals surface area contributed by atoms with E-state index < -0.39 is 0 Å². The smallest absolute Gasteiger partial charge is 0.223 e. The van der Waals surface area contributed by atoms with E-state index in [0.717, 1.165) is 11.7 Å². The Kier molecular flexibility index (Phi) is 3.63. The second-order valence-electron chi connectivity index (χ2n) is 4.62. The molecule has 1 heterocycles. The molecule has 6 heteroatoms. The van der Waals surface area contributed by atoms with E-state index in [1.807, 2.05) is 0 Å². The van der Waals surface area contributed by atoms with Gasteiger partial charge in [-0.2, -0.15) is 9.97 Å². The Labute approximate surface area is 101 Å². The predicted octanol–water partition coefficient (Wildman–Crippen LogP) is 1.33. The van der Waals surface area contributed by atoms with Crippen molar-refractivity contribution in [2.24, 2.45) is 11.8 Å². The standard InChI is InChI=1S/C11H20N6/c1-7(8-4-2-3-5-8)14-9-6-10(17-13)16-11(12)15-9/h6-8H,2-5,13H2,1H3,(H4,12,14,15,16,17). The van der Waals surface area contributed by atoms with E-state index in [4.69, 9.17) is 11.6 Å². The van der Waals surface area contributed by atoms with Gasteiger partial charge in [0.25, 0.3) is 0 Å². The predicted molar refractivity (Wildman–Crippen MR) is 69.3 cm³/mol. The molecule has 1 aromatic heterocycles. The third-order valence-corrected chi connectivity index (χ3v) is 3.37. The first-order valence-corrected chi connectivity index (χ1v) is 6.06. The Balaban J connectivity index is 2.04. The van der Waals surface area contributed by atoms with Crippen molar-refractivity contribution >= 4 is 17.6 Å². The molecule has 1 aromatic rings. The first kappa shape index (κ1) is 11.9. The van der Waals surface area contributed by atoms with Crippen molar-refractivity contribution in [1.82, 2.24) is 9.97 Å². The number of nitrogens with zero attached hydrogens (tertiary/aromatic N) is 2. The number of hydrogen-bond acceptors (Lipinski definition) is 6. The van der Waals surface area contributed by atoms with Crippen molar-refractivity contribution in [3.63, 3.8) is 0 Å². The topological polar surface area (TPSA) is 102 Å². The Morgan fingerprint density at radius 3 is 2.59 bits per heavy atom. The Bertz CT molecular complexity index is 374. The maximum Gasteiger partial charge on any atom is 0.223 e. The van der Waals surface area contributed by atoms with Crippen molar-refractivity contribution in [1.29, 1.82) is 0 Å². The van der Waals surface area contributed by atoms with E-state index in [0.29, 0.717) is 11.9 Å². The maximum absolute atomic E-state index is 5.61. The second-order valence-corrected chi connectivity index (χ2v) is 4.62. The van der Waals surface area contributed by atoms with Gasteiger partial charge in [-0.05, 0) is 25.7 Å². The van der Waals surface area contributed by atoms with Crippen LogP contribution in [0.4, 0.5) is 17.6 Å². The molecule has 0 spiro atoms. The molecular weight excluding hydrogens is 216 g/mol. The summed E-state index contributed by atoms with van der Waals surface area (Å²) in [5.41, 5.74) is 8.09. The number of rotatable bonds is 4. The van der Waals surface area contributed by atoms with Gasteiger partial charge in [-0.25, -0.2) is 5.84 Å². The molecule has 2 rings (SSSR count). The number of anilines is 3. The number of nitrogen functional groups attached to an aromatic ring is 2. The monoisotopic (exact) mass is 236 g/mol. The van der Waals surface area contributed by atoms with Gasteiger partial charge >= 0.3 is 0 Å². The van der Waals surface area contributed by atoms with Gasteiger partial charge in [-0.3, -0.25) is 0 Å². The fourth-order valence-corrected chi connectivity index (χ4v) is 2.42. The molecule has 1 atom stereocenters. The van der Waals surface area contributed by atoms with Crippen LogP contribution in [0.5, 0.6) is 0 Å². The van der Waals surface area contributed by atoms with Gasteiger partial charge in [0.2, 0.25) is 5.95 Å². The summed E-state index contributed by atoms with van der Waals surface area (Å²) in [5, 5.41) is 3.37. The van der Waals surface area contributed by atoms with Gasteiger partial charge in [0, 0.05) is 12.1 Å². The summed E-state index contributed by atoms with van der Waals surface area (Å²) < 4.78 is 0. The second kappa shape index (κ2) is 5.18. The molecule has 1 aliphatic carbocycles. The van der Waals surface area contributed by atoms with Crippen molar-refractivity contribution in [3.05, 3.63) is 6.07 Å². The minimum atomic E-state index is 0.224. The SMILES string of the molecule is CC(Nc1cc(NN)nc(N)n1)C1CCCC1.